The Morgan fingerprint density at radius 1 is 1.27 bits per heavy atom. The van der Waals surface area contributed by atoms with E-state index in [-0.39, 0.29) is 0 Å². The van der Waals surface area contributed by atoms with Crippen molar-refractivity contribution in [2.24, 2.45) is 0 Å². The predicted molar refractivity (Wildman–Crippen MR) is 67.9 cm³/mol. The molecule has 1 aromatic rings. The van der Waals surface area contributed by atoms with E-state index in [0.29, 0.717) is 0 Å². The molecule has 15 heavy (non-hydrogen) atoms. The monoisotopic (exact) mass is 199 g/mol. The molecule has 0 aliphatic carbocycles. The first-order valence-electron chi connectivity index (χ1n) is 5.03. The lowest BCUT2D eigenvalue weighted by molar-refractivity contribution is 1.13. The van der Waals surface area contributed by atoms with Crippen molar-refractivity contribution in [3.8, 4) is 0 Å². The zero-order chi connectivity index (χ0) is 11.1. The van der Waals surface area contributed by atoms with E-state index in [0.717, 1.165) is 5.70 Å². The van der Waals surface area contributed by atoms with E-state index in [9.17, 15) is 0 Å². The summed E-state index contributed by atoms with van der Waals surface area (Å²) in [6.07, 6.45) is 7.84. The molecule has 78 valence electrons. The van der Waals surface area contributed by atoms with Crippen molar-refractivity contribution < 1.29 is 0 Å². The Hall–Kier alpha value is -1.76. The second kappa shape index (κ2) is 5.86. The number of benzene rings is 1. The van der Waals surface area contributed by atoms with Gasteiger partial charge in [-0.15, -0.1) is 0 Å². The molecule has 1 aromatic carbocycles. The van der Waals surface area contributed by atoms with Crippen LogP contribution in [0.5, 0.6) is 0 Å². The molecule has 0 saturated carbocycles. The van der Waals surface area contributed by atoms with Crippen LogP contribution in [0, 0.1) is 0 Å². The Kier molecular flexibility index (Phi) is 4.42. The SMILES string of the molecule is C=C/C=C\C(=C/C)N(C)c1ccccc1. The number of nitrogens with zero attached hydrogens (tertiary/aromatic N) is 1. The molecule has 1 nitrogen and oxygen atoms in total. The van der Waals surface area contributed by atoms with Crippen molar-refractivity contribution >= 4 is 5.69 Å². The highest BCUT2D eigenvalue weighted by molar-refractivity contribution is 5.53. The normalized spacial score (nSPS) is 11.7. The van der Waals surface area contributed by atoms with Gasteiger partial charge < -0.3 is 4.90 Å². The number of anilines is 1. The lowest BCUT2D eigenvalue weighted by Crippen LogP contribution is -2.14. The van der Waals surface area contributed by atoms with E-state index in [1.54, 1.807) is 6.08 Å². The topological polar surface area (TPSA) is 3.24 Å². The van der Waals surface area contributed by atoms with Crippen molar-refractivity contribution in [1.82, 2.24) is 0 Å². The van der Waals surface area contributed by atoms with Gasteiger partial charge in [0.15, 0.2) is 0 Å². The van der Waals surface area contributed by atoms with Crippen molar-refractivity contribution in [3.63, 3.8) is 0 Å². The number of rotatable bonds is 4. The molecule has 0 spiro atoms. The highest BCUT2D eigenvalue weighted by Gasteiger charge is 2.01. The minimum atomic E-state index is 1.15. The van der Waals surface area contributed by atoms with Gasteiger partial charge in [0.25, 0.3) is 0 Å². The molecule has 0 fully saturated rings. The van der Waals surface area contributed by atoms with Crippen LogP contribution in [0.4, 0.5) is 5.69 Å². The second-order valence-corrected chi connectivity index (χ2v) is 3.20. The van der Waals surface area contributed by atoms with Crippen molar-refractivity contribution in [2.45, 2.75) is 6.92 Å². The molecular formula is C14H17N. The van der Waals surface area contributed by atoms with Crippen molar-refractivity contribution in [1.29, 1.82) is 0 Å². The molecule has 0 N–H and O–H groups in total. The van der Waals surface area contributed by atoms with Crippen LogP contribution >= 0.6 is 0 Å². The van der Waals surface area contributed by atoms with Gasteiger partial charge >= 0.3 is 0 Å². The first-order valence-corrected chi connectivity index (χ1v) is 5.03. The molecular weight excluding hydrogens is 182 g/mol. The zero-order valence-corrected chi connectivity index (χ0v) is 9.35. The first kappa shape index (κ1) is 11.3. The third-order valence-corrected chi connectivity index (χ3v) is 2.23. The third-order valence-electron chi connectivity index (χ3n) is 2.23. The molecule has 0 aliphatic heterocycles. The summed E-state index contributed by atoms with van der Waals surface area (Å²) in [4.78, 5) is 2.14. The number of para-hydroxylation sites is 1. The van der Waals surface area contributed by atoms with Gasteiger partial charge in [0, 0.05) is 18.4 Å². The van der Waals surface area contributed by atoms with Gasteiger partial charge in [0.2, 0.25) is 0 Å². The molecule has 0 aromatic heterocycles. The Morgan fingerprint density at radius 2 is 1.93 bits per heavy atom. The van der Waals surface area contributed by atoms with Crippen LogP contribution in [-0.4, -0.2) is 7.05 Å². The fraction of sp³-hybridized carbons (Fsp3) is 0.143. The average molecular weight is 199 g/mol. The van der Waals surface area contributed by atoms with E-state index in [4.69, 9.17) is 0 Å². The van der Waals surface area contributed by atoms with Crippen LogP contribution in [0.25, 0.3) is 0 Å². The maximum absolute atomic E-state index is 3.67. The summed E-state index contributed by atoms with van der Waals surface area (Å²) in [5.41, 5.74) is 2.33. The van der Waals surface area contributed by atoms with Crippen LogP contribution < -0.4 is 4.90 Å². The molecule has 1 heteroatoms. The van der Waals surface area contributed by atoms with E-state index in [2.05, 4.69) is 36.7 Å². The molecule has 1 rings (SSSR count). The Labute approximate surface area is 92.0 Å². The summed E-state index contributed by atoms with van der Waals surface area (Å²) in [6, 6.07) is 10.3. The molecule has 0 saturated heterocycles. The van der Waals surface area contributed by atoms with Crippen LogP contribution in [0.15, 0.2) is 66.9 Å². The summed E-state index contributed by atoms with van der Waals surface area (Å²) in [6.45, 7) is 5.70. The van der Waals surface area contributed by atoms with Crippen LogP contribution in [0.1, 0.15) is 6.92 Å². The quantitative estimate of drug-likeness (QED) is 0.667. The molecule has 0 unspecified atom stereocenters. The molecule has 0 amide bonds. The van der Waals surface area contributed by atoms with Gasteiger partial charge in [0.1, 0.15) is 0 Å². The summed E-state index contributed by atoms with van der Waals surface area (Å²) in [5.74, 6) is 0. The summed E-state index contributed by atoms with van der Waals surface area (Å²) < 4.78 is 0. The highest BCUT2D eigenvalue weighted by atomic mass is 15.1. The Morgan fingerprint density at radius 3 is 2.47 bits per heavy atom. The second-order valence-electron chi connectivity index (χ2n) is 3.20. The maximum Gasteiger partial charge on any atom is 0.0407 e. The fourth-order valence-corrected chi connectivity index (χ4v) is 1.37. The van der Waals surface area contributed by atoms with E-state index >= 15 is 0 Å². The van der Waals surface area contributed by atoms with E-state index in [1.807, 2.05) is 37.3 Å². The van der Waals surface area contributed by atoms with Gasteiger partial charge in [-0.05, 0) is 25.1 Å². The number of likely N-dealkylation sites (N-methyl/N-ethyl adjacent to an activating group) is 1. The van der Waals surface area contributed by atoms with Crippen LogP contribution in [0.3, 0.4) is 0 Å². The number of hydrogen-bond acceptors (Lipinski definition) is 1. The largest absolute Gasteiger partial charge is 0.345 e. The summed E-state index contributed by atoms with van der Waals surface area (Å²) in [5, 5.41) is 0. The van der Waals surface area contributed by atoms with Gasteiger partial charge in [-0.25, -0.2) is 0 Å². The fourth-order valence-electron chi connectivity index (χ4n) is 1.37. The molecule has 0 atom stereocenters. The molecule has 0 radical (unpaired) electrons. The first-order chi connectivity index (χ1) is 7.29. The van der Waals surface area contributed by atoms with Gasteiger partial charge in [-0.2, -0.15) is 0 Å². The van der Waals surface area contributed by atoms with Gasteiger partial charge in [-0.3, -0.25) is 0 Å². The smallest absolute Gasteiger partial charge is 0.0407 e. The molecule has 0 heterocycles. The lowest BCUT2D eigenvalue weighted by atomic mass is 10.2. The van der Waals surface area contributed by atoms with Gasteiger partial charge in [-0.1, -0.05) is 43.0 Å². The molecule has 0 aliphatic rings. The average Bonchev–Trinajstić information content (AvgIpc) is 2.31. The summed E-state index contributed by atoms with van der Waals surface area (Å²) in [7, 11) is 2.05. The third kappa shape index (κ3) is 3.13. The predicted octanol–water partition coefficient (Wildman–Crippen LogP) is 3.77. The zero-order valence-electron chi connectivity index (χ0n) is 9.35. The van der Waals surface area contributed by atoms with Crippen LogP contribution in [0.2, 0.25) is 0 Å². The minimum Gasteiger partial charge on any atom is -0.345 e. The lowest BCUT2D eigenvalue weighted by Gasteiger charge is -2.20. The van der Waals surface area contributed by atoms with E-state index < -0.39 is 0 Å². The number of allylic oxidation sites excluding steroid dienone is 4. The number of hydrogen-bond donors (Lipinski definition) is 0. The van der Waals surface area contributed by atoms with Crippen molar-refractivity contribution in [2.75, 3.05) is 11.9 Å². The van der Waals surface area contributed by atoms with Crippen LogP contribution in [-0.2, 0) is 0 Å². The van der Waals surface area contributed by atoms with Crippen molar-refractivity contribution in [3.05, 3.63) is 66.9 Å². The van der Waals surface area contributed by atoms with E-state index in [1.165, 1.54) is 5.69 Å². The Balaban J connectivity index is 2.88. The molecule has 0 bridgehead atoms. The van der Waals surface area contributed by atoms with Gasteiger partial charge in [0.05, 0.1) is 0 Å². The minimum absolute atomic E-state index is 1.15. The summed E-state index contributed by atoms with van der Waals surface area (Å²) >= 11 is 0. The Bertz CT molecular complexity index is 360. The standard InChI is InChI=1S/C14H17N/c1-4-6-10-13(5-2)15(3)14-11-8-7-9-12-14/h4-12H,1H2,2-3H3/b10-6-,13-5+. The highest BCUT2D eigenvalue weighted by Crippen LogP contribution is 2.17. The maximum atomic E-state index is 3.67.